The maximum Gasteiger partial charge on any atom is 0.274 e. The summed E-state index contributed by atoms with van der Waals surface area (Å²) < 4.78 is 5.22. The molecule has 0 unspecified atom stereocenters. The first kappa shape index (κ1) is 17.1. The van der Waals surface area contributed by atoms with Gasteiger partial charge in [0, 0.05) is 23.5 Å². The van der Waals surface area contributed by atoms with Crippen LogP contribution in [0.15, 0.2) is 36.5 Å². The van der Waals surface area contributed by atoms with Crippen molar-refractivity contribution >= 4 is 28.9 Å². The van der Waals surface area contributed by atoms with Crippen molar-refractivity contribution in [1.29, 1.82) is 0 Å². The van der Waals surface area contributed by atoms with Crippen LogP contribution >= 0.6 is 11.6 Å². The molecule has 0 aliphatic rings. The zero-order chi connectivity index (χ0) is 16.8. The first-order chi connectivity index (χ1) is 11.0. The second-order valence-corrected chi connectivity index (χ2v) is 5.94. The highest BCUT2D eigenvalue weighted by Gasteiger charge is 2.12. The highest BCUT2D eigenvalue weighted by Crippen LogP contribution is 2.28. The SMILES string of the molecule is COc1ccc(Cl)cc1NC(=O)c1cc(NCC(C)C)ccn1. The lowest BCUT2D eigenvalue weighted by Crippen LogP contribution is -2.15. The normalized spacial score (nSPS) is 10.5. The molecular weight excluding hydrogens is 314 g/mol. The van der Waals surface area contributed by atoms with Crippen LogP contribution in [0.4, 0.5) is 11.4 Å². The van der Waals surface area contributed by atoms with Crippen LogP contribution in [0, 0.1) is 5.92 Å². The standard InChI is InChI=1S/C17H20ClN3O2/c1-11(2)10-20-13-6-7-19-15(9-13)17(22)21-14-8-12(18)4-5-16(14)23-3/h4-9,11H,10H2,1-3H3,(H,19,20)(H,21,22). The lowest BCUT2D eigenvalue weighted by Gasteiger charge is -2.12. The zero-order valence-corrected chi connectivity index (χ0v) is 14.1. The molecule has 0 aliphatic carbocycles. The third kappa shape index (κ3) is 4.86. The van der Waals surface area contributed by atoms with Crippen LogP contribution in [0.2, 0.25) is 5.02 Å². The van der Waals surface area contributed by atoms with Crippen molar-refractivity contribution in [1.82, 2.24) is 4.98 Å². The molecular formula is C17H20ClN3O2. The molecule has 0 radical (unpaired) electrons. The molecule has 122 valence electrons. The van der Waals surface area contributed by atoms with Crippen molar-refractivity contribution < 1.29 is 9.53 Å². The van der Waals surface area contributed by atoms with Crippen LogP contribution in [-0.4, -0.2) is 24.5 Å². The molecule has 0 atom stereocenters. The maximum atomic E-state index is 12.4. The number of carbonyl (C=O) groups excluding carboxylic acids is 1. The molecule has 0 aliphatic heterocycles. The summed E-state index contributed by atoms with van der Waals surface area (Å²) in [6.07, 6.45) is 1.60. The molecule has 2 aromatic rings. The van der Waals surface area contributed by atoms with Crippen LogP contribution in [0.5, 0.6) is 5.75 Å². The van der Waals surface area contributed by atoms with Gasteiger partial charge in [0.15, 0.2) is 0 Å². The molecule has 23 heavy (non-hydrogen) atoms. The molecule has 6 heteroatoms. The fourth-order valence-corrected chi connectivity index (χ4v) is 2.12. The van der Waals surface area contributed by atoms with Crippen LogP contribution in [0.1, 0.15) is 24.3 Å². The molecule has 0 spiro atoms. The number of carbonyl (C=O) groups is 1. The minimum atomic E-state index is -0.321. The summed E-state index contributed by atoms with van der Waals surface area (Å²) in [7, 11) is 1.54. The Kier molecular flexibility index (Phi) is 5.82. The molecule has 1 aromatic carbocycles. The summed E-state index contributed by atoms with van der Waals surface area (Å²) in [5.41, 5.74) is 1.69. The number of benzene rings is 1. The van der Waals surface area contributed by atoms with Gasteiger partial charge in [-0.3, -0.25) is 9.78 Å². The number of aromatic nitrogens is 1. The van der Waals surface area contributed by atoms with Gasteiger partial charge in [0.25, 0.3) is 5.91 Å². The van der Waals surface area contributed by atoms with Gasteiger partial charge in [-0.2, -0.15) is 0 Å². The zero-order valence-electron chi connectivity index (χ0n) is 13.4. The van der Waals surface area contributed by atoms with Crippen LogP contribution < -0.4 is 15.4 Å². The Bertz CT molecular complexity index is 689. The van der Waals surface area contributed by atoms with Crippen LogP contribution in [0.3, 0.4) is 0 Å². The lowest BCUT2D eigenvalue weighted by atomic mass is 10.2. The van der Waals surface area contributed by atoms with E-state index in [9.17, 15) is 4.79 Å². The summed E-state index contributed by atoms with van der Waals surface area (Å²) in [5, 5.41) is 6.56. The average Bonchev–Trinajstić information content (AvgIpc) is 2.53. The summed E-state index contributed by atoms with van der Waals surface area (Å²) in [4.78, 5) is 16.5. The number of pyridine rings is 1. The number of methoxy groups -OCH3 is 1. The largest absolute Gasteiger partial charge is 0.495 e. The fourth-order valence-electron chi connectivity index (χ4n) is 1.95. The van der Waals surface area contributed by atoms with Crippen molar-refractivity contribution in [3.05, 3.63) is 47.2 Å². The molecule has 1 heterocycles. The van der Waals surface area contributed by atoms with Crippen LogP contribution in [0.25, 0.3) is 0 Å². The van der Waals surface area contributed by atoms with E-state index in [4.69, 9.17) is 16.3 Å². The Balaban J connectivity index is 2.15. The second kappa shape index (κ2) is 7.83. The van der Waals surface area contributed by atoms with Crippen molar-refractivity contribution in [2.24, 2.45) is 5.92 Å². The second-order valence-electron chi connectivity index (χ2n) is 5.50. The molecule has 1 aromatic heterocycles. The quantitative estimate of drug-likeness (QED) is 0.836. The minimum absolute atomic E-state index is 0.320. The fraction of sp³-hybridized carbons (Fsp3) is 0.294. The van der Waals surface area contributed by atoms with Gasteiger partial charge in [0.2, 0.25) is 0 Å². The molecule has 0 saturated carbocycles. The van der Waals surface area contributed by atoms with Gasteiger partial charge in [-0.15, -0.1) is 0 Å². The van der Waals surface area contributed by atoms with Gasteiger partial charge < -0.3 is 15.4 Å². The molecule has 2 N–H and O–H groups in total. The van der Waals surface area contributed by atoms with Gasteiger partial charge in [0.1, 0.15) is 11.4 Å². The monoisotopic (exact) mass is 333 g/mol. The minimum Gasteiger partial charge on any atom is -0.495 e. The molecule has 1 amide bonds. The van der Waals surface area contributed by atoms with E-state index in [-0.39, 0.29) is 5.91 Å². The topological polar surface area (TPSA) is 63.2 Å². The van der Waals surface area contributed by atoms with Crippen molar-refractivity contribution in [2.45, 2.75) is 13.8 Å². The Hall–Kier alpha value is -2.27. The summed E-state index contributed by atoms with van der Waals surface area (Å²) in [6, 6.07) is 8.59. The summed E-state index contributed by atoms with van der Waals surface area (Å²) in [5.74, 6) is 0.728. The van der Waals surface area contributed by atoms with Crippen LogP contribution in [-0.2, 0) is 0 Å². The highest BCUT2D eigenvalue weighted by atomic mass is 35.5. The first-order valence-corrected chi connectivity index (χ1v) is 7.72. The number of amides is 1. The Labute approximate surface area is 141 Å². The van der Waals surface area contributed by atoms with Crippen molar-refractivity contribution in [2.75, 3.05) is 24.3 Å². The van der Waals surface area contributed by atoms with Gasteiger partial charge in [-0.1, -0.05) is 25.4 Å². The van der Waals surface area contributed by atoms with E-state index in [0.29, 0.717) is 28.1 Å². The van der Waals surface area contributed by atoms with Gasteiger partial charge >= 0.3 is 0 Å². The van der Waals surface area contributed by atoms with Crippen molar-refractivity contribution in [3.63, 3.8) is 0 Å². The number of nitrogens with zero attached hydrogens (tertiary/aromatic N) is 1. The number of nitrogens with one attached hydrogen (secondary N) is 2. The average molecular weight is 334 g/mol. The van der Waals surface area contributed by atoms with Gasteiger partial charge in [0.05, 0.1) is 12.8 Å². The molecule has 2 rings (SSSR count). The van der Waals surface area contributed by atoms with Gasteiger partial charge in [-0.25, -0.2) is 0 Å². The molecule has 5 nitrogen and oxygen atoms in total. The number of ether oxygens (including phenoxy) is 1. The summed E-state index contributed by atoms with van der Waals surface area (Å²) >= 11 is 5.97. The Morgan fingerprint density at radius 2 is 2.09 bits per heavy atom. The van der Waals surface area contributed by atoms with Crippen molar-refractivity contribution in [3.8, 4) is 5.75 Å². The number of rotatable bonds is 6. The highest BCUT2D eigenvalue weighted by molar-refractivity contribution is 6.31. The predicted octanol–water partition coefficient (Wildman–Crippen LogP) is 4.06. The Morgan fingerprint density at radius 1 is 1.30 bits per heavy atom. The Morgan fingerprint density at radius 3 is 2.78 bits per heavy atom. The van der Waals surface area contributed by atoms with E-state index in [2.05, 4.69) is 29.5 Å². The predicted molar refractivity (Wildman–Crippen MR) is 93.5 cm³/mol. The number of halogens is 1. The van der Waals surface area contributed by atoms with E-state index >= 15 is 0 Å². The van der Waals surface area contributed by atoms with E-state index < -0.39 is 0 Å². The van der Waals surface area contributed by atoms with Gasteiger partial charge in [-0.05, 0) is 36.2 Å². The molecule has 0 saturated heterocycles. The third-order valence-electron chi connectivity index (χ3n) is 3.12. The number of hydrogen-bond acceptors (Lipinski definition) is 4. The number of anilines is 2. The first-order valence-electron chi connectivity index (χ1n) is 7.34. The lowest BCUT2D eigenvalue weighted by molar-refractivity contribution is 0.102. The van der Waals surface area contributed by atoms with E-state index in [1.54, 1.807) is 30.5 Å². The van der Waals surface area contributed by atoms with E-state index in [1.807, 2.05) is 6.07 Å². The molecule has 0 bridgehead atoms. The number of hydrogen-bond donors (Lipinski definition) is 2. The summed E-state index contributed by atoms with van der Waals surface area (Å²) in [6.45, 7) is 5.06. The molecule has 0 fully saturated rings. The van der Waals surface area contributed by atoms with E-state index in [1.165, 1.54) is 7.11 Å². The smallest absolute Gasteiger partial charge is 0.274 e. The maximum absolute atomic E-state index is 12.4. The van der Waals surface area contributed by atoms with E-state index in [0.717, 1.165) is 12.2 Å². The third-order valence-corrected chi connectivity index (χ3v) is 3.35.